The van der Waals surface area contributed by atoms with E-state index < -0.39 is 0 Å². The van der Waals surface area contributed by atoms with Gasteiger partial charge in [0.05, 0.1) is 5.54 Å². The van der Waals surface area contributed by atoms with E-state index >= 15 is 0 Å². The second kappa shape index (κ2) is 6.34. The first-order chi connectivity index (χ1) is 8.24. The first-order valence-electron chi connectivity index (χ1n) is 6.30. The van der Waals surface area contributed by atoms with Gasteiger partial charge in [0.2, 0.25) is 0 Å². The summed E-state index contributed by atoms with van der Waals surface area (Å²) < 4.78 is 5.43. The average molecular weight is 274 g/mol. The highest BCUT2D eigenvalue weighted by Gasteiger charge is 2.38. The van der Waals surface area contributed by atoms with E-state index in [1.165, 1.54) is 6.42 Å². The molecule has 17 heavy (non-hydrogen) atoms. The highest BCUT2D eigenvalue weighted by Crippen LogP contribution is 2.31. The molecule has 0 bridgehead atoms. The average Bonchev–Trinajstić information content (AvgIpc) is 2.73. The van der Waals surface area contributed by atoms with Gasteiger partial charge < -0.3 is 10.1 Å². The molecule has 1 spiro atoms. The number of thioether (sulfide) groups is 2. The molecule has 0 aromatic carbocycles. The van der Waals surface area contributed by atoms with Crippen molar-refractivity contribution in [2.24, 2.45) is 4.99 Å². The molecule has 0 saturated carbocycles. The lowest BCUT2D eigenvalue weighted by atomic mass is 9.93. The molecule has 0 aliphatic carbocycles. The van der Waals surface area contributed by atoms with Crippen LogP contribution in [0.1, 0.15) is 26.2 Å². The van der Waals surface area contributed by atoms with Crippen LogP contribution in [0.25, 0.3) is 0 Å². The van der Waals surface area contributed by atoms with Crippen molar-refractivity contribution in [3.8, 4) is 0 Å². The summed E-state index contributed by atoms with van der Waals surface area (Å²) in [6, 6.07) is 0. The van der Waals surface area contributed by atoms with Crippen LogP contribution in [0.3, 0.4) is 0 Å². The Balaban J connectivity index is 1.78. The fraction of sp³-hybridized carbons (Fsp3) is 0.917. The van der Waals surface area contributed by atoms with Crippen LogP contribution in [0.5, 0.6) is 0 Å². The third-order valence-corrected chi connectivity index (χ3v) is 5.74. The maximum atomic E-state index is 5.43. The summed E-state index contributed by atoms with van der Waals surface area (Å²) in [6.45, 7) is 5.00. The van der Waals surface area contributed by atoms with Gasteiger partial charge in [-0.15, -0.1) is 0 Å². The molecule has 0 amide bonds. The van der Waals surface area contributed by atoms with E-state index in [-0.39, 0.29) is 5.54 Å². The Bertz CT molecular complexity index is 278. The van der Waals surface area contributed by atoms with Gasteiger partial charge in [0.1, 0.15) is 0 Å². The van der Waals surface area contributed by atoms with E-state index in [0.717, 1.165) is 43.5 Å². The third kappa shape index (κ3) is 3.80. The predicted octanol–water partition coefficient (Wildman–Crippen LogP) is 2.37. The molecule has 0 aromatic rings. The first kappa shape index (κ1) is 13.6. The van der Waals surface area contributed by atoms with Gasteiger partial charge in [-0.3, -0.25) is 4.99 Å². The van der Waals surface area contributed by atoms with Crippen LogP contribution >= 0.6 is 23.5 Å². The SMILES string of the molecule is CSC(C)CCN=C1NC2(CCOCC2)CS1. The van der Waals surface area contributed by atoms with Crippen LogP contribution in [0.15, 0.2) is 4.99 Å². The number of hydrogen-bond donors (Lipinski definition) is 1. The number of rotatable bonds is 4. The number of amidine groups is 1. The number of nitrogens with one attached hydrogen (secondary N) is 1. The molecule has 1 N–H and O–H groups in total. The number of aliphatic imine (C=N–C) groups is 1. The molecule has 1 unspecified atom stereocenters. The Morgan fingerprint density at radius 3 is 3.00 bits per heavy atom. The maximum absolute atomic E-state index is 5.43. The maximum Gasteiger partial charge on any atom is 0.157 e. The zero-order valence-corrected chi connectivity index (χ0v) is 12.3. The molecule has 2 rings (SSSR count). The molecule has 2 heterocycles. The summed E-state index contributed by atoms with van der Waals surface area (Å²) in [5, 5.41) is 5.49. The monoisotopic (exact) mass is 274 g/mol. The predicted molar refractivity (Wildman–Crippen MR) is 78.3 cm³/mol. The van der Waals surface area contributed by atoms with Crippen molar-refractivity contribution in [1.29, 1.82) is 0 Å². The molecule has 2 saturated heterocycles. The highest BCUT2D eigenvalue weighted by molar-refractivity contribution is 8.14. The second-order valence-electron chi connectivity index (χ2n) is 4.83. The van der Waals surface area contributed by atoms with E-state index in [4.69, 9.17) is 4.74 Å². The Morgan fingerprint density at radius 1 is 1.53 bits per heavy atom. The summed E-state index contributed by atoms with van der Waals surface area (Å²) in [6.07, 6.45) is 5.58. The lowest BCUT2D eigenvalue weighted by molar-refractivity contribution is 0.0555. The molecule has 0 radical (unpaired) electrons. The van der Waals surface area contributed by atoms with Crippen LogP contribution in [-0.2, 0) is 4.74 Å². The summed E-state index contributed by atoms with van der Waals surface area (Å²) >= 11 is 3.80. The van der Waals surface area contributed by atoms with Gasteiger partial charge in [-0.05, 0) is 25.5 Å². The largest absolute Gasteiger partial charge is 0.381 e. The van der Waals surface area contributed by atoms with E-state index in [0.29, 0.717) is 5.25 Å². The van der Waals surface area contributed by atoms with E-state index in [1.54, 1.807) is 0 Å². The molecular formula is C12H22N2OS2. The topological polar surface area (TPSA) is 33.6 Å². The van der Waals surface area contributed by atoms with Crippen molar-refractivity contribution in [3.05, 3.63) is 0 Å². The highest BCUT2D eigenvalue weighted by atomic mass is 32.2. The van der Waals surface area contributed by atoms with Crippen LogP contribution in [0.4, 0.5) is 0 Å². The molecule has 98 valence electrons. The van der Waals surface area contributed by atoms with Crippen LogP contribution in [0, 0.1) is 0 Å². The minimum atomic E-state index is 0.285. The van der Waals surface area contributed by atoms with Crippen molar-refractivity contribution in [3.63, 3.8) is 0 Å². The standard InChI is InChI=1S/C12H22N2OS2/c1-10(16-2)3-6-13-11-14-12(9-17-11)4-7-15-8-5-12/h10H,3-9H2,1-2H3,(H,13,14). The van der Waals surface area contributed by atoms with Gasteiger partial charge >= 0.3 is 0 Å². The summed E-state index contributed by atoms with van der Waals surface area (Å²) in [5.74, 6) is 1.16. The second-order valence-corrected chi connectivity index (χ2v) is 7.07. The van der Waals surface area contributed by atoms with Crippen molar-refractivity contribution in [1.82, 2.24) is 5.32 Å². The lowest BCUT2D eigenvalue weighted by Gasteiger charge is -2.32. The third-order valence-electron chi connectivity index (χ3n) is 3.50. The number of hydrogen-bond acceptors (Lipinski definition) is 4. The van der Waals surface area contributed by atoms with Gasteiger partial charge in [-0.25, -0.2) is 0 Å². The lowest BCUT2D eigenvalue weighted by Crippen LogP contribution is -2.48. The quantitative estimate of drug-likeness (QED) is 0.853. The van der Waals surface area contributed by atoms with E-state index in [1.807, 2.05) is 23.5 Å². The van der Waals surface area contributed by atoms with Crippen LogP contribution in [0.2, 0.25) is 0 Å². The summed E-state index contributed by atoms with van der Waals surface area (Å²) in [7, 11) is 0. The Kier molecular flexibility index (Phi) is 5.06. The summed E-state index contributed by atoms with van der Waals surface area (Å²) in [4.78, 5) is 4.68. The van der Waals surface area contributed by atoms with E-state index in [9.17, 15) is 0 Å². The van der Waals surface area contributed by atoms with Gasteiger partial charge in [0.15, 0.2) is 5.17 Å². The summed E-state index contributed by atoms with van der Waals surface area (Å²) in [5.41, 5.74) is 0.285. The minimum Gasteiger partial charge on any atom is -0.381 e. The number of nitrogens with zero attached hydrogens (tertiary/aromatic N) is 1. The number of ether oxygens (including phenoxy) is 1. The fourth-order valence-corrected chi connectivity index (χ4v) is 3.67. The normalized spacial score (nSPS) is 27.3. The molecular weight excluding hydrogens is 252 g/mol. The van der Waals surface area contributed by atoms with E-state index in [2.05, 4.69) is 23.5 Å². The fourth-order valence-electron chi connectivity index (χ4n) is 2.09. The minimum absolute atomic E-state index is 0.285. The van der Waals surface area contributed by atoms with Gasteiger partial charge in [0.25, 0.3) is 0 Å². The molecule has 5 heteroatoms. The van der Waals surface area contributed by atoms with Crippen molar-refractivity contribution in [2.45, 2.75) is 37.0 Å². The Morgan fingerprint density at radius 2 is 2.29 bits per heavy atom. The van der Waals surface area contributed by atoms with Crippen LogP contribution < -0.4 is 5.32 Å². The molecule has 1 atom stereocenters. The molecule has 0 aromatic heterocycles. The van der Waals surface area contributed by atoms with Crippen molar-refractivity contribution in [2.75, 3.05) is 31.8 Å². The van der Waals surface area contributed by atoms with Gasteiger partial charge in [-0.1, -0.05) is 18.7 Å². The van der Waals surface area contributed by atoms with Gasteiger partial charge in [0, 0.05) is 30.8 Å². The molecule has 2 fully saturated rings. The van der Waals surface area contributed by atoms with Crippen molar-refractivity contribution >= 4 is 28.7 Å². The molecule has 3 nitrogen and oxygen atoms in total. The molecule has 2 aliphatic rings. The smallest absolute Gasteiger partial charge is 0.157 e. The molecule has 2 aliphatic heterocycles. The Hall–Kier alpha value is 0.130. The Labute approximate surface area is 113 Å². The first-order valence-corrected chi connectivity index (χ1v) is 8.57. The zero-order valence-electron chi connectivity index (χ0n) is 10.7. The van der Waals surface area contributed by atoms with Gasteiger partial charge in [-0.2, -0.15) is 11.8 Å². The zero-order chi connectivity index (χ0) is 12.1. The van der Waals surface area contributed by atoms with Crippen molar-refractivity contribution < 1.29 is 4.74 Å². The van der Waals surface area contributed by atoms with Crippen LogP contribution in [-0.4, -0.2) is 47.7 Å².